The minimum atomic E-state index is -0.524. The Balaban J connectivity index is 1.73. The lowest BCUT2D eigenvalue weighted by Gasteiger charge is -2.20. The number of aryl methyl sites for hydroxylation is 1. The molecule has 0 amide bonds. The fraction of sp³-hybridized carbons (Fsp3) is 0.172. The summed E-state index contributed by atoms with van der Waals surface area (Å²) in [6.45, 7) is 4.15. The lowest BCUT2D eigenvalue weighted by atomic mass is 9.88. The van der Waals surface area contributed by atoms with Crippen LogP contribution < -0.4 is 4.74 Å². The average Bonchev–Trinajstić information content (AvgIpc) is 3.17. The molecule has 2 heteroatoms. The van der Waals surface area contributed by atoms with Gasteiger partial charge in [-0.25, -0.2) is 0 Å². The SMILES string of the molecule is Cc1ccccc1-c1c(OCC(C)O)cccc1-c1cccc2c1Cc1ccccc1-2. The second-order valence-corrected chi connectivity index (χ2v) is 8.32. The van der Waals surface area contributed by atoms with E-state index in [0.717, 1.165) is 23.3 Å². The van der Waals surface area contributed by atoms with E-state index in [1.165, 1.54) is 38.9 Å². The summed E-state index contributed by atoms with van der Waals surface area (Å²) in [5.74, 6) is 0.806. The van der Waals surface area contributed by atoms with Crippen LogP contribution in [0.2, 0.25) is 0 Å². The molecule has 0 fully saturated rings. The van der Waals surface area contributed by atoms with E-state index in [-0.39, 0.29) is 6.61 Å². The fourth-order valence-electron chi connectivity index (χ4n) is 4.63. The number of hydrogen-bond donors (Lipinski definition) is 1. The molecule has 0 aliphatic heterocycles. The van der Waals surface area contributed by atoms with Gasteiger partial charge in [-0.3, -0.25) is 0 Å². The van der Waals surface area contributed by atoms with Gasteiger partial charge in [0.2, 0.25) is 0 Å². The van der Waals surface area contributed by atoms with Gasteiger partial charge >= 0.3 is 0 Å². The first-order chi connectivity index (χ1) is 15.1. The highest BCUT2D eigenvalue weighted by molar-refractivity contribution is 5.93. The van der Waals surface area contributed by atoms with Crippen molar-refractivity contribution < 1.29 is 9.84 Å². The van der Waals surface area contributed by atoms with Gasteiger partial charge in [0.1, 0.15) is 12.4 Å². The van der Waals surface area contributed by atoms with Gasteiger partial charge in [0.05, 0.1) is 6.10 Å². The van der Waals surface area contributed by atoms with E-state index < -0.39 is 6.10 Å². The van der Waals surface area contributed by atoms with E-state index in [2.05, 4.69) is 85.8 Å². The number of ether oxygens (including phenoxy) is 1. The van der Waals surface area contributed by atoms with Gasteiger partial charge in [-0.2, -0.15) is 0 Å². The Bertz CT molecular complexity index is 1250. The highest BCUT2D eigenvalue weighted by atomic mass is 16.5. The summed E-state index contributed by atoms with van der Waals surface area (Å²) in [7, 11) is 0. The number of rotatable bonds is 5. The highest BCUT2D eigenvalue weighted by Gasteiger charge is 2.24. The van der Waals surface area contributed by atoms with Gasteiger partial charge in [-0.05, 0) is 70.8 Å². The third-order valence-electron chi connectivity index (χ3n) is 6.06. The zero-order chi connectivity index (χ0) is 21.4. The molecular weight excluding hydrogens is 380 g/mol. The summed E-state index contributed by atoms with van der Waals surface area (Å²) in [5, 5.41) is 9.82. The van der Waals surface area contributed by atoms with Crippen LogP contribution in [0.5, 0.6) is 5.75 Å². The number of aliphatic hydroxyl groups excluding tert-OH is 1. The molecule has 0 bridgehead atoms. The van der Waals surface area contributed by atoms with Crippen molar-refractivity contribution >= 4 is 0 Å². The molecule has 1 N–H and O–H groups in total. The molecule has 154 valence electrons. The van der Waals surface area contributed by atoms with Gasteiger partial charge in [-0.15, -0.1) is 0 Å². The zero-order valence-corrected chi connectivity index (χ0v) is 17.9. The minimum Gasteiger partial charge on any atom is -0.490 e. The molecule has 1 aliphatic carbocycles. The summed E-state index contributed by atoms with van der Waals surface area (Å²) in [6.07, 6.45) is 0.414. The molecule has 0 saturated carbocycles. The normalized spacial score (nSPS) is 12.9. The first-order valence-corrected chi connectivity index (χ1v) is 10.8. The molecule has 0 saturated heterocycles. The van der Waals surface area contributed by atoms with Crippen LogP contribution in [0.3, 0.4) is 0 Å². The van der Waals surface area contributed by atoms with Crippen LogP contribution in [-0.4, -0.2) is 17.8 Å². The van der Waals surface area contributed by atoms with Gasteiger partial charge in [0.25, 0.3) is 0 Å². The van der Waals surface area contributed by atoms with Crippen molar-refractivity contribution in [3.8, 4) is 39.1 Å². The van der Waals surface area contributed by atoms with Crippen LogP contribution in [0.25, 0.3) is 33.4 Å². The number of aliphatic hydroxyl groups is 1. The fourth-order valence-corrected chi connectivity index (χ4v) is 4.63. The first kappa shape index (κ1) is 19.6. The molecule has 1 aliphatic rings. The Morgan fingerprint density at radius 2 is 1.35 bits per heavy atom. The third kappa shape index (κ3) is 3.54. The van der Waals surface area contributed by atoms with Gasteiger partial charge in [0, 0.05) is 5.56 Å². The van der Waals surface area contributed by atoms with Crippen LogP contribution >= 0.6 is 0 Å². The van der Waals surface area contributed by atoms with E-state index in [9.17, 15) is 5.11 Å². The van der Waals surface area contributed by atoms with Crippen molar-refractivity contribution in [1.29, 1.82) is 0 Å². The van der Waals surface area contributed by atoms with Crippen molar-refractivity contribution in [2.45, 2.75) is 26.4 Å². The molecule has 0 aromatic heterocycles. The lowest BCUT2D eigenvalue weighted by molar-refractivity contribution is 0.123. The summed E-state index contributed by atoms with van der Waals surface area (Å²) >= 11 is 0. The van der Waals surface area contributed by atoms with Crippen molar-refractivity contribution in [3.63, 3.8) is 0 Å². The Labute approximate surface area is 183 Å². The molecule has 0 heterocycles. The molecule has 1 atom stereocenters. The van der Waals surface area contributed by atoms with Crippen LogP contribution in [0, 0.1) is 6.92 Å². The zero-order valence-electron chi connectivity index (χ0n) is 17.9. The smallest absolute Gasteiger partial charge is 0.127 e. The Hall–Kier alpha value is -3.36. The van der Waals surface area contributed by atoms with Crippen LogP contribution in [-0.2, 0) is 6.42 Å². The second kappa shape index (κ2) is 8.05. The van der Waals surface area contributed by atoms with E-state index in [1.807, 2.05) is 6.07 Å². The lowest BCUT2D eigenvalue weighted by Crippen LogP contribution is -2.13. The molecule has 0 radical (unpaired) electrons. The maximum Gasteiger partial charge on any atom is 0.127 e. The quantitative estimate of drug-likeness (QED) is 0.354. The maximum absolute atomic E-state index is 9.82. The van der Waals surface area contributed by atoms with E-state index in [1.54, 1.807) is 6.92 Å². The van der Waals surface area contributed by atoms with Crippen molar-refractivity contribution in [2.24, 2.45) is 0 Å². The van der Waals surface area contributed by atoms with E-state index in [0.29, 0.717) is 0 Å². The Morgan fingerprint density at radius 1 is 0.742 bits per heavy atom. The monoisotopic (exact) mass is 406 g/mol. The van der Waals surface area contributed by atoms with Crippen LogP contribution in [0.15, 0.2) is 84.9 Å². The van der Waals surface area contributed by atoms with Gasteiger partial charge in [-0.1, -0.05) is 78.9 Å². The molecule has 31 heavy (non-hydrogen) atoms. The number of fused-ring (bicyclic) bond motifs is 3. The average molecular weight is 407 g/mol. The molecule has 1 unspecified atom stereocenters. The molecule has 4 aromatic rings. The standard InChI is InChI=1S/C29H26O2/c1-19-9-3-5-11-22(19)29-26(15-8-16-28(29)31-18-20(2)30)25-14-7-13-24-23-12-6-4-10-21(23)17-27(24)25/h3-16,20,30H,17-18H2,1-2H3. The third-order valence-corrected chi connectivity index (χ3v) is 6.06. The summed E-state index contributed by atoms with van der Waals surface area (Å²) in [5.41, 5.74) is 11.3. The molecule has 4 aromatic carbocycles. The van der Waals surface area contributed by atoms with Crippen molar-refractivity contribution in [3.05, 3.63) is 102 Å². The summed E-state index contributed by atoms with van der Waals surface area (Å²) in [6, 6.07) is 30.0. The van der Waals surface area contributed by atoms with E-state index in [4.69, 9.17) is 4.74 Å². The van der Waals surface area contributed by atoms with Gasteiger partial charge in [0.15, 0.2) is 0 Å². The molecule has 5 rings (SSSR count). The topological polar surface area (TPSA) is 29.5 Å². The molecule has 0 spiro atoms. The van der Waals surface area contributed by atoms with Crippen molar-refractivity contribution in [2.75, 3.05) is 6.61 Å². The number of benzene rings is 4. The largest absolute Gasteiger partial charge is 0.490 e. The van der Waals surface area contributed by atoms with Crippen LogP contribution in [0.4, 0.5) is 0 Å². The highest BCUT2D eigenvalue weighted by Crippen LogP contribution is 2.46. The minimum absolute atomic E-state index is 0.265. The van der Waals surface area contributed by atoms with Gasteiger partial charge < -0.3 is 9.84 Å². The Kier molecular flexibility index (Phi) is 5.09. The van der Waals surface area contributed by atoms with E-state index >= 15 is 0 Å². The predicted molar refractivity (Wildman–Crippen MR) is 127 cm³/mol. The Morgan fingerprint density at radius 3 is 2.13 bits per heavy atom. The number of hydrogen-bond acceptors (Lipinski definition) is 2. The van der Waals surface area contributed by atoms with Crippen LogP contribution in [0.1, 0.15) is 23.6 Å². The second-order valence-electron chi connectivity index (χ2n) is 8.32. The summed E-state index contributed by atoms with van der Waals surface area (Å²) in [4.78, 5) is 0. The first-order valence-electron chi connectivity index (χ1n) is 10.8. The predicted octanol–water partition coefficient (Wildman–Crippen LogP) is 6.66. The molecular formula is C29H26O2. The maximum atomic E-state index is 9.82. The van der Waals surface area contributed by atoms with Crippen molar-refractivity contribution in [1.82, 2.24) is 0 Å². The summed E-state index contributed by atoms with van der Waals surface area (Å²) < 4.78 is 6.10. The molecule has 2 nitrogen and oxygen atoms in total.